The number of nitrogens with one attached hydrogen (secondary N) is 1. The summed E-state index contributed by atoms with van der Waals surface area (Å²) in [6.07, 6.45) is -4.38. The van der Waals surface area contributed by atoms with E-state index < -0.39 is 17.6 Å². The van der Waals surface area contributed by atoms with Crippen molar-refractivity contribution in [1.29, 1.82) is 0 Å². The number of benzene rings is 2. The monoisotopic (exact) mass is 435 g/mol. The van der Waals surface area contributed by atoms with Gasteiger partial charge in [-0.3, -0.25) is 4.79 Å². The van der Waals surface area contributed by atoms with Crippen LogP contribution in [-0.2, 0) is 19.1 Å². The first kappa shape index (κ1) is 21.9. The van der Waals surface area contributed by atoms with E-state index in [1.807, 2.05) is 31.2 Å². The number of aryl methyl sites for hydroxylation is 2. The summed E-state index contributed by atoms with van der Waals surface area (Å²) in [5, 5.41) is 7.18. The van der Waals surface area contributed by atoms with Crippen molar-refractivity contribution in [2.24, 2.45) is 0 Å². The Morgan fingerprint density at radius 3 is 2.43 bits per heavy atom. The number of carbonyl (C=O) groups excluding carboxylic acids is 1. The van der Waals surface area contributed by atoms with Gasteiger partial charge in [-0.25, -0.2) is 4.68 Å². The molecule has 0 bridgehead atoms. The van der Waals surface area contributed by atoms with Gasteiger partial charge in [-0.1, -0.05) is 59.6 Å². The number of aromatic nitrogens is 2. The zero-order chi connectivity index (χ0) is 21.9. The summed E-state index contributed by atoms with van der Waals surface area (Å²) in [7, 11) is 0. The first-order valence-electron chi connectivity index (χ1n) is 9.38. The summed E-state index contributed by atoms with van der Waals surface area (Å²) in [6.45, 7) is 4.12. The van der Waals surface area contributed by atoms with Crippen LogP contribution in [0.1, 0.15) is 38.3 Å². The first-order valence-corrected chi connectivity index (χ1v) is 9.76. The molecule has 0 atom stereocenters. The van der Waals surface area contributed by atoms with Crippen LogP contribution in [0.25, 0.3) is 0 Å². The fourth-order valence-electron chi connectivity index (χ4n) is 3.20. The van der Waals surface area contributed by atoms with E-state index in [-0.39, 0.29) is 29.2 Å². The lowest BCUT2D eigenvalue weighted by molar-refractivity contribution is -0.138. The molecular formula is C22H21ClF3N3O. The van der Waals surface area contributed by atoms with Crippen LogP contribution in [-0.4, -0.2) is 22.2 Å². The minimum absolute atomic E-state index is 0.0465. The summed E-state index contributed by atoms with van der Waals surface area (Å²) >= 11 is 6.38. The Balaban J connectivity index is 1.68. The summed E-state index contributed by atoms with van der Waals surface area (Å²) < 4.78 is 40.8. The molecule has 30 heavy (non-hydrogen) atoms. The number of halogens is 4. The zero-order valence-corrected chi connectivity index (χ0v) is 17.3. The number of hydrogen-bond donors (Lipinski definition) is 1. The molecule has 0 aliphatic heterocycles. The van der Waals surface area contributed by atoms with Gasteiger partial charge >= 0.3 is 6.18 Å². The molecule has 2 aromatic carbocycles. The lowest BCUT2D eigenvalue weighted by Gasteiger charge is -2.13. The van der Waals surface area contributed by atoms with Crippen molar-refractivity contribution in [2.75, 3.05) is 6.54 Å². The van der Waals surface area contributed by atoms with Gasteiger partial charge in [-0.2, -0.15) is 18.3 Å². The summed E-state index contributed by atoms with van der Waals surface area (Å²) in [5.41, 5.74) is 2.24. The van der Waals surface area contributed by atoms with Crippen LogP contribution in [0.4, 0.5) is 13.2 Å². The highest BCUT2D eigenvalue weighted by molar-refractivity contribution is 6.33. The van der Waals surface area contributed by atoms with E-state index in [0.29, 0.717) is 12.2 Å². The van der Waals surface area contributed by atoms with Crippen LogP contribution in [0.2, 0.25) is 5.15 Å². The second kappa shape index (κ2) is 8.92. The second-order valence-electron chi connectivity index (χ2n) is 7.06. The van der Waals surface area contributed by atoms with Gasteiger partial charge in [0.1, 0.15) is 5.15 Å². The smallest absolute Gasteiger partial charge is 0.352 e. The number of alkyl halides is 3. The van der Waals surface area contributed by atoms with Crippen molar-refractivity contribution in [2.45, 2.75) is 33.0 Å². The van der Waals surface area contributed by atoms with Crippen LogP contribution in [0.15, 0.2) is 48.5 Å². The number of amides is 1. The second-order valence-corrected chi connectivity index (χ2v) is 7.41. The number of hydrogen-bond acceptors (Lipinski definition) is 2. The Morgan fingerprint density at radius 1 is 1.10 bits per heavy atom. The predicted molar refractivity (Wildman–Crippen MR) is 110 cm³/mol. The average molecular weight is 436 g/mol. The molecule has 3 rings (SSSR count). The van der Waals surface area contributed by atoms with E-state index >= 15 is 0 Å². The summed E-state index contributed by atoms with van der Waals surface area (Å²) in [4.78, 5) is 12.6. The molecule has 1 aromatic heterocycles. The van der Waals surface area contributed by atoms with Gasteiger partial charge in [0.2, 0.25) is 0 Å². The molecule has 0 saturated carbocycles. The van der Waals surface area contributed by atoms with Crippen molar-refractivity contribution in [1.82, 2.24) is 15.1 Å². The molecule has 0 unspecified atom stereocenters. The molecule has 3 aromatic rings. The fourth-order valence-corrected chi connectivity index (χ4v) is 3.52. The lowest BCUT2D eigenvalue weighted by atomic mass is 10.0. The molecular weight excluding hydrogens is 415 g/mol. The maximum Gasteiger partial charge on any atom is 0.416 e. The van der Waals surface area contributed by atoms with Crippen LogP contribution >= 0.6 is 11.6 Å². The Kier molecular flexibility index (Phi) is 6.51. The van der Waals surface area contributed by atoms with Gasteiger partial charge in [0.25, 0.3) is 5.91 Å². The van der Waals surface area contributed by atoms with Crippen molar-refractivity contribution in [3.63, 3.8) is 0 Å². The summed E-state index contributed by atoms with van der Waals surface area (Å²) in [6, 6.07) is 13.2. The molecule has 4 nitrogen and oxygen atoms in total. The average Bonchev–Trinajstić information content (AvgIpc) is 2.96. The molecule has 1 heterocycles. The standard InChI is InChI=1S/C22H21ClF3N3O/c1-14-7-9-16(10-8-14)13-29-20(23)19(15(2)28-29)21(30)27-12-11-17-5-3-4-6-18(17)22(24,25)26/h3-10H,11-13H2,1-2H3,(H,27,30). The van der Waals surface area contributed by atoms with E-state index in [2.05, 4.69) is 10.4 Å². The van der Waals surface area contributed by atoms with Gasteiger partial charge in [0.15, 0.2) is 0 Å². The molecule has 1 amide bonds. The molecule has 0 fully saturated rings. The van der Waals surface area contributed by atoms with Gasteiger partial charge in [0.05, 0.1) is 23.4 Å². The van der Waals surface area contributed by atoms with Crippen LogP contribution in [0.3, 0.4) is 0 Å². The molecule has 158 valence electrons. The topological polar surface area (TPSA) is 46.9 Å². The van der Waals surface area contributed by atoms with Gasteiger partial charge in [0, 0.05) is 6.54 Å². The van der Waals surface area contributed by atoms with E-state index in [0.717, 1.165) is 17.2 Å². The molecule has 0 aliphatic carbocycles. The Bertz CT molecular complexity index is 1040. The van der Waals surface area contributed by atoms with Crippen molar-refractivity contribution < 1.29 is 18.0 Å². The van der Waals surface area contributed by atoms with Gasteiger partial charge in [-0.05, 0) is 37.5 Å². The zero-order valence-electron chi connectivity index (χ0n) is 16.6. The number of nitrogens with zero attached hydrogens (tertiary/aromatic N) is 2. The van der Waals surface area contributed by atoms with Crippen LogP contribution in [0, 0.1) is 13.8 Å². The third-order valence-electron chi connectivity index (χ3n) is 4.75. The van der Waals surface area contributed by atoms with E-state index in [1.54, 1.807) is 13.0 Å². The largest absolute Gasteiger partial charge is 0.416 e. The molecule has 1 N–H and O–H groups in total. The van der Waals surface area contributed by atoms with Crippen LogP contribution < -0.4 is 5.32 Å². The molecule has 0 aliphatic rings. The van der Waals surface area contributed by atoms with E-state index in [1.165, 1.54) is 16.8 Å². The predicted octanol–water partition coefficient (Wildman–Crippen LogP) is 5.19. The third kappa shape index (κ3) is 5.02. The van der Waals surface area contributed by atoms with Gasteiger partial charge in [-0.15, -0.1) is 0 Å². The molecule has 0 saturated heterocycles. The molecule has 0 spiro atoms. The van der Waals surface area contributed by atoms with E-state index in [9.17, 15) is 18.0 Å². The number of rotatable bonds is 6. The Morgan fingerprint density at radius 2 is 1.77 bits per heavy atom. The maximum absolute atomic E-state index is 13.1. The van der Waals surface area contributed by atoms with Crippen LogP contribution in [0.5, 0.6) is 0 Å². The first-order chi connectivity index (χ1) is 14.2. The molecule has 8 heteroatoms. The quantitative estimate of drug-likeness (QED) is 0.579. The lowest BCUT2D eigenvalue weighted by Crippen LogP contribution is -2.27. The SMILES string of the molecule is Cc1ccc(Cn2nc(C)c(C(=O)NCCc3ccccc3C(F)(F)F)c2Cl)cc1. The van der Waals surface area contributed by atoms with Crippen molar-refractivity contribution in [3.05, 3.63) is 87.2 Å². The highest BCUT2D eigenvalue weighted by Crippen LogP contribution is 2.32. The minimum Gasteiger partial charge on any atom is -0.352 e. The minimum atomic E-state index is -4.43. The maximum atomic E-state index is 13.1. The van der Waals surface area contributed by atoms with Crippen molar-refractivity contribution in [3.8, 4) is 0 Å². The Labute approximate surface area is 177 Å². The van der Waals surface area contributed by atoms with Gasteiger partial charge < -0.3 is 5.32 Å². The van der Waals surface area contributed by atoms with E-state index in [4.69, 9.17) is 11.6 Å². The highest BCUT2D eigenvalue weighted by atomic mass is 35.5. The third-order valence-corrected chi connectivity index (χ3v) is 5.13. The fraction of sp³-hybridized carbons (Fsp3) is 0.273. The molecule has 0 radical (unpaired) electrons. The Hall–Kier alpha value is -2.80. The normalized spacial score (nSPS) is 11.5. The highest BCUT2D eigenvalue weighted by Gasteiger charge is 2.32. The van der Waals surface area contributed by atoms with Crippen molar-refractivity contribution >= 4 is 17.5 Å². The number of carbonyl (C=O) groups is 1. The summed E-state index contributed by atoms with van der Waals surface area (Å²) in [5.74, 6) is -0.461.